The summed E-state index contributed by atoms with van der Waals surface area (Å²) in [4.78, 5) is 42.9. The first-order chi connectivity index (χ1) is 18.0. The van der Waals surface area contributed by atoms with Crippen LogP contribution in [0, 0.1) is 19.4 Å². The molecule has 1 aliphatic carbocycles. The zero-order valence-electron chi connectivity index (χ0n) is 21.9. The minimum Gasteiger partial charge on any atom is -0.477 e. The van der Waals surface area contributed by atoms with Crippen LogP contribution in [0.15, 0.2) is 30.6 Å². The number of aromatic nitrogens is 2. The maximum absolute atomic E-state index is 13.6. The number of thiocarbonyl (C=S) groups is 1. The van der Waals surface area contributed by atoms with Crippen LogP contribution in [0.2, 0.25) is 0 Å². The number of hydrogen-bond acceptors (Lipinski definition) is 7. The Morgan fingerprint density at radius 3 is 2.47 bits per heavy atom. The highest BCUT2D eigenvalue weighted by Crippen LogP contribution is 2.47. The van der Waals surface area contributed by atoms with Gasteiger partial charge in [-0.1, -0.05) is 6.57 Å². The molecular weight excluding hydrogens is 504 g/mol. The Morgan fingerprint density at radius 2 is 1.92 bits per heavy atom. The normalized spacial score (nSPS) is 18.8. The summed E-state index contributed by atoms with van der Waals surface area (Å²) in [6.07, 6.45) is 5.23. The van der Waals surface area contributed by atoms with Crippen molar-refractivity contribution < 1.29 is 19.1 Å². The quantitative estimate of drug-likeness (QED) is 0.405. The monoisotopic (exact) mass is 534 g/mol. The number of carbonyl (C=O) groups is 2. The lowest BCUT2D eigenvalue weighted by atomic mass is 9.75. The van der Waals surface area contributed by atoms with Crippen LogP contribution in [0.1, 0.15) is 45.6 Å². The van der Waals surface area contributed by atoms with Crippen LogP contribution < -0.4 is 14.5 Å². The van der Waals surface area contributed by atoms with Gasteiger partial charge in [-0.3, -0.25) is 9.69 Å². The second-order valence-corrected chi connectivity index (χ2v) is 11.4. The molecule has 2 saturated heterocycles. The van der Waals surface area contributed by atoms with Crippen molar-refractivity contribution in [3.05, 3.63) is 47.6 Å². The number of carbonyl (C=O) groups excluding carboxylic acids is 2. The number of amides is 2. The van der Waals surface area contributed by atoms with E-state index in [9.17, 15) is 9.59 Å². The van der Waals surface area contributed by atoms with Gasteiger partial charge in [0.15, 0.2) is 5.11 Å². The summed E-state index contributed by atoms with van der Waals surface area (Å²) >= 11 is 5.80. The number of rotatable bonds is 5. The van der Waals surface area contributed by atoms with E-state index in [1.165, 1.54) is 11.1 Å². The fraction of sp³-hybridized carbons (Fsp3) is 0.481. The molecule has 1 spiro atoms. The van der Waals surface area contributed by atoms with Crippen LogP contribution >= 0.6 is 12.2 Å². The van der Waals surface area contributed by atoms with E-state index in [4.69, 9.17) is 28.3 Å². The standard InChI is InChI=1S/C27H30N6O4S/c1-17-11-20(13-30-22(17)28-5)32-23(34)27(9-6-10-27)33(24(32)38)19-7-8-21(29-12-19)36-16-18-14-31(15-18)25(35)37-26(2,3)4/h7-8,11-13,18H,6,9-10,14-16H2,1-4H3. The fourth-order valence-corrected chi connectivity index (χ4v) is 5.41. The summed E-state index contributed by atoms with van der Waals surface area (Å²) in [6, 6.07) is 5.42. The average Bonchev–Trinajstić information content (AvgIpc) is 3.04. The van der Waals surface area contributed by atoms with Crippen molar-refractivity contribution in [2.75, 3.05) is 29.5 Å². The molecular formula is C27H30N6O4S. The summed E-state index contributed by atoms with van der Waals surface area (Å²) in [5.74, 6) is 0.909. The average molecular weight is 535 g/mol. The maximum atomic E-state index is 13.6. The topological polar surface area (TPSA) is 92.5 Å². The molecule has 0 bridgehead atoms. The summed E-state index contributed by atoms with van der Waals surface area (Å²) < 4.78 is 11.3. The third-order valence-corrected chi connectivity index (χ3v) is 7.41. The Morgan fingerprint density at radius 1 is 1.21 bits per heavy atom. The van der Waals surface area contributed by atoms with Gasteiger partial charge < -0.3 is 24.1 Å². The number of nitrogens with zero attached hydrogens (tertiary/aromatic N) is 6. The lowest BCUT2D eigenvalue weighted by Crippen LogP contribution is -2.55. The largest absolute Gasteiger partial charge is 0.477 e. The predicted octanol–water partition coefficient (Wildman–Crippen LogP) is 4.64. The molecule has 2 aliphatic heterocycles. The van der Waals surface area contributed by atoms with E-state index in [1.54, 1.807) is 30.2 Å². The van der Waals surface area contributed by atoms with Gasteiger partial charge >= 0.3 is 6.09 Å². The molecule has 5 rings (SSSR count). The predicted molar refractivity (Wildman–Crippen MR) is 145 cm³/mol. The molecule has 1 saturated carbocycles. The first-order valence-corrected chi connectivity index (χ1v) is 13.0. The second kappa shape index (κ2) is 9.51. The maximum Gasteiger partial charge on any atom is 0.410 e. The molecule has 198 valence electrons. The molecule has 0 radical (unpaired) electrons. The summed E-state index contributed by atoms with van der Waals surface area (Å²) in [7, 11) is 0. The highest BCUT2D eigenvalue weighted by molar-refractivity contribution is 7.81. The van der Waals surface area contributed by atoms with Crippen LogP contribution in [-0.2, 0) is 9.53 Å². The van der Waals surface area contributed by atoms with E-state index in [-0.39, 0.29) is 17.9 Å². The number of pyridine rings is 2. The van der Waals surface area contributed by atoms with Gasteiger partial charge in [-0.25, -0.2) is 9.78 Å². The second-order valence-electron chi connectivity index (χ2n) is 11.0. The van der Waals surface area contributed by atoms with E-state index < -0.39 is 11.1 Å². The minimum absolute atomic E-state index is 0.0784. The summed E-state index contributed by atoms with van der Waals surface area (Å²) in [5, 5.41) is 0.374. The first-order valence-electron chi connectivity index (χ1n) is 12.6. The number of anilines is 2. The number of aryl methyl sites for hydroxylation is 1. The van der Waals surface area contributed by atoms with Gasteiger partial charge in [0.2, 0.25) is 5.88 Å². The van der Waals surface area contributed by atoms with E-state index in [0.717, 1.165) is 12.1 Å². The van der Waals surface area contributed by atoms with Crippen LogP contribution in [0.3, 0.4) is 0 Å². The SMILES string of the molecule is [C-]#[N+]c1ncc(N2C(=O)C3(CCC3)N(c3ccc(OCC4CN(C(=O)OC(C)(C)C)C4)nc3)C2=S)cc1C. The van der Waals surface area contributed by atoms with Crippen molar-refractivity contribution in [3.63, 3.8) is 0 Å². The van der Waals surface area contributed by atoms with Gasteiger partial charge in [0.1, 0.15) is 17.3 Å². The zero-order valence-corrected chi connectivity index (χ0v) is 22.7. The highest BCUT2D eigenvalue weighted by Gasteiger charge is 2.59. The van der Waals surface area contributed by atoms with Gasteiger partial charge in [0, 0.05) is 25.1 Å². The minimum atomic E-state index is -0.732. The Balaban J connectivity index is 1.25. The smallest absolute Gasteiger partial charge is 0.410 e. The molecule has 3 aliphatic rings. The number of hydrogen-bond donors (Lipinski definition) is 0. The zero-order chi connectivity index (χ0) is 27.2. The lowest BCUT2D eigenvalue weighted by Gasteiger charge is -2.42. The van der Waals surface area contributed by atoms with Crippen LogP contribution in [0.5, 0.6) is 5.88 Å². The van der Waals surface area contributed by atoms with Gasteiger partial charge in [0.25, 0.3) is 11.7 Å². The van der Waals surface area contributed by atoms with Crippen LogP contribution in [0.25, 0.3) is 4.85 Å². The van der Waals surface area contributed by atoms with Gasteiger partial charge in [-0.05, 0) is 76.9 Å². The van der Waals surface area contributed by atoms with E-state index in [2.05, 4.69) is 14.8 Å². The van der Waals surface area contributed by atoms with Crippen molar-refractivity contribution in [2.24, 2.45) is 5.92 Å². The Hall–Kier alpha value is -3.78. The molecule has 0 atom stereocenters. The van der Waals surface area contributed by atoms with Gasteiger partial charge in [-0.15, -0.1) is 4.98 Å². The van der Waals surface area contributed by atoms with Gasteiger partial charge in [0.05, 0.1) is 24.2 Å². The van der Waals surface area contributed by atoms with Crippen molar-refractivity contribution in [2.45, 2.75) is 58.1 Å². The summed E-state index contributed by atoms with van der Waals surface area (Å²) in [5.41, 5.74) is 0.733. The van der Waals surface area contributed by atoms with Crippen LogP contribution in [-0.4, -0.2) is 62.8 Å². The van der Waals surface area contributed by atoms with E-state index in [1.807, 2.05) is 31.7 Å². The Bertz CT molecular complexity index is 1320. The number of ether oxygens (including phenoxy) is 2. The van der Waals surface area contributed by atoms with Crippen LogP contribution in [0.4, 0.5) is 22.0 Å². The van der Waals surface area contributed by atoms with Gasteiger partial charge in [-0.2, -0.15) is 0 Å². The van der Waals surface area contributed by atoms with Crippen molar-refractivity contribution >= 4 is 46.5 Å². The van der Waals surface area contributed by atoms with Crippen molar-refractivity contribution in [1.29, 1.82) is 0 Å². The molecule has 0 unspecified atom stereocenters. The molecule has 0 aromatic carbocycles. The number of likely N-dealkylation sites (tertiary alicyclic amines) is 1. The molecule has 2 aromatic rings. The molecule has 2 aromatic heterocycles. The molecule has 3 fully saturated rings. The van der Waals surface area contributed by atoms with Crippen molar-refractivity contribution in [1.82, 2.24) is 14.9 Å². The van der Waals surface area contributed by atoms with E-state index in [0.29, 0.717) is 60.6 Å². The third-order valence-electron chi connectivity index (χ3n) is 7.05. The molecule has 10 nitrogen and oxygen atoms in total. The first kappa shape index (κ1) is 25.9. The summed E-state index contributed by atoms with van der Waals surface area (Å²) in [6.45, 7) is 16.2. The lowest BCUT2D eigenvalue weighted by molar-refractivity contribution is -0.123. The molecule has 11 heteroatoms. The Labute approximate surface area is 227 Å². The highest BCUT2D eigenvalue weighted by atomic mass is 32.1. The Kier molecular flexibility index (Phi) is 6.47. The third kappa shape index (κ3) is 4.53. The molecule has 2 amide bonds. The molecule has 0 N–H and O–H groups in total. The fourth-order valence-electron chi connectivity index (χ4n) is 4.94. The molecule has 38 heavy (non-hydrogen) atoms. The molecule has 4 heterocycles. The van der Waals surface area contributed by atoms with Crippen molar-refractivity contribution in [3.8, 4) is 5.88 Å². The van der Waals surface area contributed by atoms with E-state index >= 15 is 0 Å².